The fourth-order valence-corrected chi connectivity index (χ4v) is 3.87. The first-order valence-electron chi connectivity index (χ1n) is 7.34. The second-order valence-electron chi connectivity index (χ2n) is 5.29. The van der Waals surface area contributed by atoms with Gasteiger partial charge in [0.15, 0.2) is 0 Å². The highest BCUT2D eigenvalue weighted by Gasteiger charge is 2.22. The number of nitrogens with one attached hydrogen (secondary N) is 1. The van der Waals surface area contributed by atoms with E-state index in [1.807, 2.05) is 13.8 Å². The Morgan fingerprint density at radius 2 is 1.95 bits per heavy atom. The maximum Gasteiger partial charge on any atom is 0.243 e. The van der Waals surface area contributed by atoms with Gasteiger partial charge in [0.05, 0.1) is 4.90 Å². The molecule has 0 aliphatic rings. The van der Waals surface area contributed by atoms with Crippen LogP contribution in [0.2, 0.25) is 5.02 Å². The van der Waals surface area contributed by atoms with Crippen molar-refractivity contribution < 1.29 is 8.42 Å². The molecule has 1 aromatic rings. The van der Waals surface area contributed by atoms with Gasteiger partial charge in [-0.3, -0.25) is 0 Å². The van der Waals surface area contributed by atoms with Gasteiger partial charge in [0.25, 0.3) is 0 Å². The van der Waals surface area contributed by atoms with Gasteiger partial charge >= 0.3 is 0 Å². The Kier molecular flexibility index (Phi) is 7.13. The molecule has 6 heteroatoms. The second-order valence-corrected chi connectivity index (χ2v) is 7.63. The van der Waals surface area contributed by atoms with E-state index in [-0.39, 0.29) is 4.90 Å². The monoisotopic (exact) mass is 332 g/mol. The second kappa shape index (κ2) is 8.13. The van der Waals surface area contributed by atoms with Crippen LogP contribution in [0.1, 0.15) is 39.7 Å². The third-order valence-electron chi connectivity index (χ3n) is 3.19. The van der Waals surface area contributed by atoms with E-state index in [1.165, 1.54) is 4.31 Å². The first-order chi connectivity index (χ1) is 9.82. The number of nitrogens with zero attached hydrogens (tertiary/aromatic N) is 1. The molecule has 0 unspecified atom stereocenters. The van der Waals surface area contributed by atoms with E-state index in [0.29, 0.717) is 30.7 Å². The summed E-state index contributed by atoms with van der Waals surface area (Å²) in [6, 6.07) is 5.32. The van der Waals surface area contributed by atoms with Crippen LogP contribution in [-0.4, -0.2) is 31.9 Å². The lowest BCUT2D eigenvalue weighted by molar-refractivity contribution is 0.427. The molecule has 0 aliphatic carbocycles. The Balaban J connectivity index is 3.01. The number of rotatable bonds is 8. The summed E-state index contributed by atoms with van der Waals surface area (Å²) in [6.07, 6.45) is 0.789. The minimum absolute atomic E-state index is 0.260. The van der Waals surface area contributed by atoms with E-state index in [4.69, 9.17) is 11.6 Å². The molecular formula is C15H25ClN2O2S. The zero-order valence-electron chi connectivity index (χ0n) is 13.2. The van der Waals surface area contributed by atoms with E-state index in [9.17, 15) is 8.42 Å². The molecule has 1 rings (SSSR count). The Morgan fingerprint density at radius 1 is 1.29 bits per heavy atom. The van der Waals surface area contributed by atoms with Gasteiger partial charge in [-0.25, -0.2) is 8.42 Å². The smallest absolute Gasteiger partial charge is 0.243 e. The molecule has 0 fully saturated rings. The van der Waals surface area contributed by atoms with Gasteiger partial charge in [-0.05, 0) is 24.1 Å². The molecule has 0 radical (unpaired) electrons. The van der Waals surface area contributed by atoms with Crippen LogP contribution >= 0.6 is 11.6 Å². The summed E-state index contributed by atoms with van der Waals surface area (Å²) >= 11 is 6.22. The Bertz CT molecular complexity index is 559. The SMILES string of the molecule is CCCN(CC)S(=O)(=O)c1ccc(CNC(C)C)c(Cl)c1. The molecule has 0 amide bonds. The van der Waals surface area contributed by atoms with Gasteiger partial charge in [-0.15, -0.1) is 0 Å². The normalized spacial score (nSPS) is 12.3. The lowest BCUT2D eigenvalue weighted by Crippen LogP contribution is -2.31. The van der Waals surface area contributed by atoms with Gasteiger partial charge in [-0.1, -0.05) is 45.4 Å². The van der Waals surface area contributed by atoms with Crippen LogP contribution in [0.15, 0.2) is 23.1 Å². The fourth-order valence-electron chi connectivity index (χ4n) is 1.99. The van der Waals surface area contributed by atoms with Gasteiger partial charge in [0, 0.05) is 30.7 Å². The predicted molar refractivity (Wildman–Crippen MR) is 88.2 cm³/mol. The number of hydrogen-bond acceptors (Lipinski definition) is 3. The number of benzene rings is 1. The molecule has 21 heavy (non-hydrogen) atoms. The largest absolute Gasteiger partial charge is 0.310 e. The van der Waals surface area contributed by atoms with E-state index < -0.39 is 10.0 Å². The number of hydrogen-bond donors (Lipinski definition) is 1. The molecule has 0 aromatic heterocycles. The van der Waals surface area contributed by atoms with Crippen molar-refractivity contribution in [2.45, 2.75) is 51.6 Å². The molecule has 0 saturated heterocycles. The van der Waals surface area contributed by atoms with Crippen LogP contribution in [-0.2, 0) is 16.6 Å². The zero-order chi connectivity index (χ0) is 16.0. The molecule has 0 bridgehead atoms. The molecule has 0 aliphatic heterocycles. The Morgan fingerprint density at radius 3 is 2.43 bits per heavy atom. The van der Waals surface area contributed by atoms with Crippen molar-refractivity contribution in [2.75, 3.05) is 13.1 Å². The average molecular weight is 333 g/mol. The first kappa shape index (κ1) is 18.4. The molecule has 1 aromatic carbocycles. The molecule has 0 heterocycles. The maximum absolute atomic E-state index is 12.5. The van der Waals surface area contributed by atoms with Gasteiger partial charge < -0.3 is 5.32 Å². The molecule has 0 atom stereocenters. The minimum Gasteiger partial charge on any atom is -0.310 e. The first-order valence-corrected chi connectivity index (χ1v) is 9.16. The maximum atomic E-state index is 12.5. The van der Waals surface area contributed by atoms with Crippen molar-refractivity contribution in [3.8, 4) is 0 Å². The van der Waals surface area contributed by atoms with Crippen LogP contribution in [0.25, 0.3) is 0 Å². The summed E-state index contributed by atoms with van der Waals surface area (Å²) in [4.78, 5) is 0.260. The highest BCUT2D eigenvalue weighted by Crippen LogP contribution is 2.23. The van der Waals surface area contributed by atoms with Crippen LogP contribution in [0, 0.1) is 0 Å². The predicted octanol–water partition coefficient (Wildman–Crippen LogP) is 3.26. The zero-order valence-corrected chi connectivity index (χ0v) is 14.8. The van der Waals surface area contributed by atoms with E-state index in [1.54, 1.807) is 18.2 Å². The van der Waals surface area contributed by atoms with Crippen molar-refractivity contribution in [3.63, 3.8) is 0 Å². The number of sulfonamides is 1. The van der Waals surface area contributed by atoms with Crippen LogP contribution < -0.4 is 5.32 Å². The molecule has 1 N–H and O–H groups in total. The summed E-state index contributed by atoms with van der Waals surface area (Å²) in [5.41, 5.74) is 0.905. The third kappa shape index (κ3) is 4.95. The van der Waals surface area contributed by atoms with Crippen LogP contribution in [0.4, 0.5) is 0 Å². The van der Waals surface area contributed by atoms with Crippen molar-refractivity contribution >= 4 is 21.6 Å². The van der Waals surface area contributed by atoms with Gasteiger partial charge in [0.1, 0.15) is 0 Å². The Hall–Kier alpha value is -0.620. The Labute approximate surface area is 133 Å². The third-order valence-corrected chi connectivity index (χ3v) is 5.51. The molecular weight excluding hydrogens is 308 g/mol. The molecule has 120 valence electrons. The highest BCUT2D eigenvalue weighted by atomic mass is 35.5. The van der Waals surface area contributed by atoms with Crippen molar-refractivity contribution in [1.29, 1.82) is 0 Å². The lowest BCUT2D eigenvalue weighted by Gasteiger charge is -2.20. The molecule has 0 spiro atoms. The van der Waals surface area contributed by atoms with Crippen LogP contribution in [0.5, 0.6) is 0 Å². The van der Waals surface area contributed by atoms with Crippen molar-refractivity contribution in [1.82, 2.24) is 9.62 Å². The van der Waals surface area contributed by atoms with Crippen molar-refractivity contribution in [2.24, 2.45) is 0 Å². The topological polar surface area (TPSA) is 49.4 Å². The van der Waals surface area contributed by atoms with E-state index in [2.05, 4.69) is 19.2 Å². The van der Waals surface area contributed by atoms with Gasteiger partial charge in [0.2, 0.25) is 10.0 Å². The standard InChI is InChI=1S/C15H25ClN2O2S/c1-5-9-18(6-2)21(19,20)14-8-7-13(15(16)10-14)11-17-12(3)4/h7-8,10,12,17H,5-6,9,11H2,1-4H3. The molecule has 0 saturated carbocycles. The van der Waals surface area contributed by atoms with Crippen molar-refractivity contribution in [3.05, 3.63) is 28.8 Å². The fraction of sp³-hybridized carbons (Fsp3) is 0.600. The summed E-state index contributed by atoms with van der Waals surface area (Å²) in [7, 11) is -3.46. The average Bonchev–Trinajstić information content (AvgIpc) is 2.42. The minimum atomic E-state index is -3.46. The summed E-state index contributed by atoms with van der Waals surface area (Å²) in [5, 5.41) is 3.75. The van der Waals surface area contributed by atoms with E-state index >= 15 is 0 Å². The molecule has 4 nitrogen and oxygen atoms in total. The quantitative estimate of drug-likeness (QED) is 0.795. The highest BCUT2D eigenvalue weighted by molar-refractivity contribution is 7.89. The number of halogens is 1. The lowest BCUT2D eigenvalue weighted by atomic mass is 10.2. The van der Waals surface area contributed by atoms with Crippen LogP contribution in [0.3, 0.4) is 0 Å². The van der Waals surface area contributed by atoms with E-state index in [0.717, 1.165) is 12.0 Å². The summed E-state index contributed by atoms with van der Waals surface area (Å²) < 4.78 is 26.5. The van der Waals surface area contributed by atoms with Gasteiger partial charge in [-0.2, -0.15) is 4.31 Å². The summed E-state index contributed by atoms with van der Waals surface area (Å²) in [5.74, 6) is 0. The summed E-state index contributed by atoms with van der Waals surface area (Å²) in [6.45, 7) is 9.52.